The van der Waals surface area contributed by atoms with Gasteiger partial charge in [-0.25, -0.2) is 4.98 Å². The number of fused-ring (bicyclic) bond motifs is 1. The molecule has 0 spiro atoms. The molecule has 224 valence electrons. The monoisotopic (exact) mass is 577 g/mol. The van der Waals surface area contributed by atoms with Crippen molar-refractivity contribution in [2.75, 3.05) is 51.0 Å². The summed E-state index contributed by atoms with van der Waals surface area (Å²) < 4.78 is 11.3. The highest BCUT2D eigenvalue weighted by molar-refractivity contribution is 6.14. The van der Waals surface area contributed by atoms with Crippen LogP contribution in [0.15, 0.2) is 40.9 Å². The van der Waals surface area contributed by atoms with Crippen molar-refractivity contribution in [3.63, 3.8) is 0 Å². The number of nitrogens with zero attached hydrogens (tertiary/aromatic N) is 3. The largest absolute Gasteiger partial charge is 0.449 e. The number of rotatable bonds is 8. The standard InChI is InChI=1S/C31H39N5O6/c1-19-4-11-25(32-18-19)33-30(39)28-27(34-29(38)21-6-8-22(9-7-21)31(40)35(2)3)23-16-20(5-10-24(23)42-28)17-26(37)36-12-14-41-15-13-36/h4-5,10-11,16,18,21-22,31,40H,6-9,12-15,17H2,1-3H3,(H,34,38)(H,32,33,39). The maximum absolute atomic E-state index is 13.5. The third-order valence-corrected chi connectivity index (χ3v) is 8.17. The van der Waals surface area contributed by atoms with E-state index in [1.165, 1.54) is 0 Å². The van der Waals surface area contributed by atoms with Gasteiger partial charge in [0.15, 0.2) is 0 Å². The van der Waals surface area contributed by atoms with Gasteiger partial charge in [-0.3, -0.25) is 19.3 Å². The molecule has 1 aromatic carbocycles. The highest BCUT2D eigenvalue weighted by atomic mass is 16.5. The zero-order valence-corrected chi connectivity index (χ0v) is 24.4. The van der Waals surface area contributed by atoms with Crippen LogP contribution in [0.1, 0.15) is 47.4 Å². The molecule has 2 aromatic heterocycles. The molecule has 42 heavy (non-hydrogen) atoms. The minimum Gasteiger partial charge on any atom is -0.449 e. The number of morpholine rings is 1. The van der Waals surface area contributed by atoms with E-state index in [0.717, 1.165) is 24.0 Å². The first-order chi connectivity index (χ1) is 20.2. The fourth-order valence-corrected chi connectivity index (χ4v) is 5.68. The van der Waals surface area contributed by atoms with Crippen LogP contribution in [0.4, 0.5) is 11.5 Å². The number of carbonyl (C=O) groups is 3. The van der Waals surface area contributed by atoms with Crippen LogP contribution in [0.25, 0.3) is 11.0 Å². The Morgan fingerprint density at radius 2 is 1.81 bits per heavy atom. The summed E-state index contributed by atoms with van der Waals surface area (Å²) in [5.41, 5.74) is 2.40. The Balaban J connectivity index is 1.39. The molecular weight excluding hydrogens is 538 g/mol. The number of pyridine rings is 1. The maximum Gasteiger partial charge on any atom is 0.294 e. The summed E-state index contributed by atoms with van der Waals surface area (Å²) in [5.74, 6) is -0.580. The minimum absolute atomic E-state index is 0.00758. The molecule has 11 nitrogen and oxygen atoms in total. The second-order valence-electron chi connectivity index (χ2n) is 11.5. The molecule has 3 amide bonds. The molecule has 3 aromatic rings. The Labute approximate surface area is 245 Å². The van der Waals surface area contributed by atoms with Crippen molar-refractivity contribution in [3.8, 4) is 0 Å². The number of nitrogens with one attached hydrogen (secondary N) is 2. The lowest BCUT2D eigenvalue weighted by Gasteiger charge is -2.33. The number of aryl methyl sites for hydroxylation is 1. The van der Waals surface area contributed by atoms with E-state index in [9.17, 15) is 19.5 Å². The molecule has 1 unspecified atom stereocenters. The van der Waals surface area contributed by atoms with Crippen LogP contribution in [0.5, 0.6) is 0 Å². The number of anilines is 2. The molecule has 3 N–H and O–H groups in total. The van der Waals surface area contributed by atoms with E-state index in [1.54, 1.807) is 40.3 Å². The molecule has 1 atom stereocenters. The average Bonchev–Trinajstić information content (AvgIpc) is 3.35. The Bertz CT molecular complexity index is 1420. The van der Waals surface area contributed by atoms with E-state index in [0.29, 0.717) is 55.9 Å². The van der Waals surface area contributed by atoms with Crippen molar-refractivity contribution in [1.29, 1.82) is 0 Å². The third kappa shape index (κ3) is 6.80. The number of benzene rings is 1. The minimum atomic E-state index is -0.545. The van der Waals surface area contributed by atoms with Crippen molar-refractivity contribution in [2.24, 2.45) is 11.8 Å². The number of ether oxygens (including phenoxy) is 1. The van der Waals surface area contributed by atoms with Gasteiger partial charge in [-0.05, 0) is 81.9 Å². The molecule has 2 aliphatic rings. The fourth-order valence-electron chi connectivity index (χ4n) is 5.68. The number of furan rings is 1. The van der Waals surface area contributed by atoms with E-state index < -0.39 is 12.1 Å². The summed E-state index contributed by atoms with van der Waals surface area (Å²) in [7, 11) is 3.68. The first-order valence-corrected chi connectivity index (χ1v) is 14.5. The molecular formula is C31H39N5O6. The van der Waals surface area contributed by atoms with Crippen molar-refractivity contribution in [1.82, 2.24) is 14.8 Å². The number of aromatic nitrogens is 1. The number of amides is 3. The van der Waals surface area contributed by atoms with E-state index in [2.05, 4.69) is 15.6 Å². The first-order valence-electron chi connectivity index (χ1n) is 14.5. The van der Waals surface area contributed by atoms with Crippen LogP contribution >= 0.6 is 0 Å². The summed E-state index contributed by atoms with van der Waals surface area (Å²) >= 11 is 0. The Morgan fingerprint density at radius 1 is 1.07 bits per heavy atom. The van der Waals surface area contributed by atoms with Crippen molar-refractivity contribution < 1.29 is 28.6 Å². The van der Waals surface area contributed by atoms with Crippen LogP contribution in [0.2, 0.25) is 0 Å². The van der Waals surface area contributed by atoms with Gasteiger partial charge < -0.3 is 29.8 Å². The van der Waals surface area contributed by atoms with E-state index >= 15 is 0 Å². The number of aliphatic hydroxyl groups excluding tert-OH is 1. The number of hydrogen-bond donors (Lipinski definition) is 3. The van der Waals surface area contributed by atoms with E-state index in [4.69, 9.17) is 9.15 Å². The molecule has 2 fully saturated rings. The van der Waals surface area contributed by atoms with Gasteiger partial charge in [0, 0.05) is 30.6 Å². The van der Waals surface area contributed by atoms with Crippen molar-refractivity contribution in [3.05, 3.63) is 53.4 Å². The first kappa shape index (κ1) is 29.7. The summed E-state index contributed by atoms with van der Waals surface area (Å²) in [4.78, 5) is 47.6. The van der Waals surface area contributed by atoms with Gasteiger partial charge in [0.25, 0.3) is 5.91 Å². The second kappa shape index (κ2) is 13.0. The van der Waals surface area contributed by atoms with Gasteiger partial charge in [0.2, 0.25) is 17.6 Å². The van der Waals surface area contributed by atoms with E-state index in [1.807, 2.05) is 27.1 Å². The summed E-state index contributed by atoms with van der Waals surface area (Å²) in [6.45, 7) is 4.06. The Morgan fingerprint density at radius 3 is 2.48 bits per heavy atom. The van der Waals surface area contributed by atoms with Gasteiger partial charge in [-0.15, -0.1) is 0 Å². The zero-order chi connectivity index (χ0) is 29.8. The van der Waals surface area contributed by atoms with Gasteiger partial charge in [0.05, 0.1) is 19.6 Å². The van der Waals surface area contributed by atoms with Crippen LogP contribution in [-0.4, -0.2) is 84.2 Å². The molecule has 0 bridgehead atoms. The highest BCUT2D eigenvalue weighted by Crippen LogP contribution is 2.36. The second-order valence-corrected chi connectivity index (χ2v) is 11.5. The average molecular weight is 578 g/mol. The van der Waals surface area contributed by atoms with Crippen LogP contribution < -0.4 is 10.6 Å². The molecule has 11 heteroatoms. The predicted molar refractivity (Wildman–Crippen MR) is 158 cm³/mol. The molecule has 5 rings (SSSR count). The van der Waals surface area contributed by atoms with Crippen molar-refractivity contribution in [2.45, 2.75) is 45.3 Å². The molecule has 1 aliphatic heterocycles. The zero-order valence-electron chi connectivity index (χ0n) is 24.4. The number of aliphatic hydroxyl groups is 1. The normalized spacial score (nSPS) is 20.0. The van der Waals surface area contributed by atoms with Crippen LogP contribution in [-0.2, 0) is 20.7 Å². The highest BCUT2D eigenvalue weighted by Gasteiger charge is 2.32. The van der Waals surface area contributed by atoms with Crippen LogP contribution in [0.3, 0.4) is 0 Å². The number of hydrogen-bond acceptors (Lipinski definition) is 8. The van der Waals surface area contributed by atoms with Crippen LogP contribution in [0, 0.1) is 18.8 Å². The summed E-state index contributed by atoms with van der Waals surface area (Å²) in [6.07, 6.45) is 4.00. The van der Waals surface area contributed by atoms with Gasteiger partial charge >= 0.3 is 0 Å². The Kier molecular flexibility index (Phi) is 9.20. The maximum atomic E-state index is 13.5. The summed E-state index contributed by atoms with van der Waals surface area (Å²) in [5, 5.41) is 16.7. The predicted octanol–water partition coefficient (Wildman–Crippen LogP) is 3.41. The van der Waals surface area contributed by atoms with Gasteiger partial charge in [0.1, 0.15) is 23.3 Å². The third-order valence-electron chi connectivity index (χ3n) is 8.17. The van der Waals surface area contributed by atoms with Gasteiger partial charge in [-0.1, -0.05) is 12.1 Å². The molecule has 3 heterocycles. The smallest absolute Gasteiger partial charge is 0.294 e. The van der Waals surface area contributed by atoms with Crippen molar-refractivity contribution >= 4 is 40.2 Å². The SMILES string of the molecule is Cc1ccc(NC(=O)c2oc3ccc(CC(=O)N4CCOCC4)cc3c2NC(=O)C2CCC(C(O)N(C)C)CC2)nc1. The number of carbonyl (C=O) groups excluding carboxylic acids is 3. The topological polar surface area (TPSA) is 137 Å². The molecule has 1 saturated heterocycles. The van der Waals surface area contributed by atoms with E-state index in [-0.39, 0.29) is 41.5 Å². The van der Waals surface area contributed by atoms with Gasteiger partial charge in [-0.2, -0.15) is 0 Å². The lowest BCUT2D eigenvalue weighted by Crippen LogP contribution is -2.41. The lowest BCUT2D eigenvalue weighted by atomic mass is 9.80. The molecule has 1 aliphatic carbocycles. The fraction of sp³-hybridized carbons (Fsp3) is 0.484. The molecule has 1 saturated carbocycles. The quantitative estimate of drug-likeness (QED) is 0.347. The lowest BCUT2D eigenvalue weighted by molar-refractivity contribution is -0.134. The molecule has 0 radical (unpaired) electrons. The Hall–Kier alpha value is -3.80. The summed E-state index contributed by atoms with van der Waals surface area (Å²) in [6, 6.07) is 8.87.